The maximum atomic E-state index is 14.2. The quantitative estimate of drug-likeness (QED) is 0.671. The van der Waals surface area contributed by atoms with Gasteiger partial charge in [-0.25, -0.2) is 8.78 Å². The van der Waals surface area contributed by atoms with E-state index in [4.69, 9.17) is 4.42 Å². The van der Waals surface area contributed by atoms with Crippen LogP contribution in [0.4, 0.5) is 14.5 Å². The summed E-state index contributed by atoms with van der Waals surface area (Å²) in [6, 6.07) is 14.1. The van der Waals surface area contributed by atoms with Crippen molar-refractivity contribution >= 4 is 11.6 Å². The van der Waals surface area contributed by atoms with E-state index in [0.717, 1.165) is 18.4 Å². The zero-order valence-electron chi connectivity index (χ0n) is 13.3. The summed E-state index contributed by atoms with van der Waals surface area (Å²) in [6.45, 7) is 0.419. The van der Waals surface area contributed by atoms with Crippen LogP contribution in [0.15, 0.2) is 59.0 Å². The standard InChI is InChI=1S/C20H15F2NO2/c21-15-8-2-1-7-14(15)17-10-11-18(25-17)20(24)23-12-4-6-13-5-3-9-16(22)19(13)23/h1-3,5,7-11H,4,6,12H2. The Bertz CT molecular complexity index is 948. The number of rotatable bonds is 2. The van der Waals surface area contributed by atoms with Gasteiger partial charge in [-0.2, -0.15) is 0 Å². The molecule has 0 saturated heterocycles. The molecule has 0 fully saturated rings. The number of aryl methyl sites for hydroxylation is 1. The first-order chi connectivity index (χ1) is 12.1. The van der Waals surface area contributed by atoms with Crippen molar-refractivity contribution in [3.8, 4) is 11.3 Å². The second-order valence-electron chi connectivity index (χ2n) is 5.95. The molecule has 3 nitrogen and oxygen atoms in total. The minimum absolute atomic E-state index is 0.0642. The molecule has 0 bridgehead atoms. The van der Waals surface area contributed by atoms with Crippen LogP contribution in [0.25, 0.3) is 11.3 Å². The molecular formula is C20H15F2NO2. The largest absolute Gasteiger partial charge is 0.451 e. The number of carbonyl (C=O) groups is 1. The predicted molar refractivity (Wildman–Crippen MR) is 90.5 cm³/mol. The van der Waals surface area contributed by atoms with Crippen molar-refractivity contribution in [2.24, 2.45) is 0 Å². The van der Waals surface area contributed by atoms with E-state index >= 15 is 0 Å². The summed E-state index contributed by atoms with van der Waals surface area (Å²) in [5.74, 6) is -0.938. The summed E-state index contributed by atoms with van der Waals surface area (Å²) in [4.78, 5) is 14.2. The molecule has 0 aliphatic carbocycles. The van der Waals surface area contributed by atoms with Crippen LogP contribution in [0.2, 0.25) is 0 Å². The molecule has 3 aromatic rings. The van der Waals surface area contributed by atoms with Gasteiger partial charge in [0, 0.05) is 6.54 Å². The molecule has 2 heterocycles. The van der Waals surface area contributed by atoms with E-state index in [1.54, 1.807) is 30.3 Å². The van der Waals surface area contributed by atoms with Crippen molar-refractivity contribution < 1.29 is 18.0 Å². The molecule has 2 aromatic carbocycles. The van der Waals surface area contributed by atoms with Gasteiger partial charge in [0.1, 0.15) is 17.4 Å². The zero-order chi connectivity index (χ0) is 17.4. The number of anilines is 1. The Morgan fingerprint density at radius 1 is 0.960 bits per heavy atom. The highest BCUT2D eigenvalue weighted by atomic mass is 19.1. The third-order valence-electron chi connectivity index (χ3n) is 4.37. The summed E-state index contributed by atoms with van der Waals surface area (Å²) < 4.78 is 33.7. The summed E-state index contributed by atoms with van der Waals surface area (Å²) in [7, 11) is 0. The molecule has 0 unspecified atom stereocenters. The van der Waals surface area contributed by atoms with Gasteiger partial charge < -0.3 is 9.32 Å². The van der Waals surface area contributed by atoms with Crippen molar-refractivity contribution in [3.63, 3.8) is 0 Å². The number of carbonyl (C=O) groups excluding carboxylic acids is 1. The number of benzene rings is 2. The molecule has 0 saturated carbocycles. The van der Waals surface area contributed by atoms with Gasteiger partial charge >= 0.3 is 0 Å². The predicted octanol–water partition coefficient (Wildman–Crippen LogP) is 4.82. The van der Waals surface area contributed by atoms with E-state index < -0.39 is 17.5 Å². The van der Waals surface area contributed by atoms with Crippen LogP contribution in [0.3, 0.4) is 0 Å². The average molecular weight is 339 g/mol. The van der Waals surface area contributed by atoms with E-state index in [-0.39, 0.29) is 17.1 Å². The number of fused-ring (bicyclic) bond motifs is 1. The highest BCUT2D eigenvalue weighted by Gasteiger charge is 2.28. The molecule has 0 spiro atoms. The van der Waals surface area contributed by atoms with Crippen LogP contribution >= 0.6 is 0 Å². The highest BCUT2D eigenvalue weighted by molar-refractivity contribution is 6.05. The maximum absolute atomic E-state index is 14.2. The third kappa shape index (κ3) is 2.71. The number of halogens is 2. The Morgan fingerprint density at radius 2 is 1.76 bits per heavy atom. The smallest absolute Gasteiger partial charge is 0.294 e. The van der Waals surface area contributed by atoms with Crippen LogP contribution in [-0.4, -0.2) is 12.5 Å². The number of amides is 1. The number of hydrogen-bond donors (Lipinski definition) is 0. The SMILES string of the molecule is O=C(c1ccc(-c2ccccc2F)o1)N1CCCc2cccc(F)c21. The Balaban J connectivity index is 1.69. The Hall–Kier alpha value is -2.95. The number of furan rings is 1. The van der Waals surface area contributed by atoms with Crippen LogP contribution in [0, 0.1) is 11.6 Å². The summed E-state index contributed by atoms with van der Waals surface area (Å²) in [5, 5.41) is 0. The maximum Gasteiger partial charge on any atom is 0.294 e. The van der Waals surface area contributed by atoms with Gasteiger partial charge in [-0.15, -0.1) is 0 Å². The molecule has 5 heteroatoms. The molecule has 1 aromatic heterocycles. The van der Waals surface area contributed by atoms with Crippen molar-refractivity contribution in [3.05, 3.63) is 77.6 Å². The molecule has 1 amide bonds. The Kier molecular flexibility index (Phi) is 3.84. The van der Waals surface area contributed by atoms with Gasteiger partial charge in [0.25, 0.3) is 5.91 Å². The highest BCUT2D eigenvalue weighted by Crippen LogP contribution is 2.32. The first kappa shape index (κ1) is 15.6. The van der Waals surface area contributed by atoms with Gasteiger partial charge in [0.2, 0.25) is 0 Å². The minimum Gasteiger partial charge on any atom is -0.451 e. The Labute approximate surface area is 143 Å². The molecule has 0 atom stereocenters. The second kappa shape index (κ2) is 6.16. The van der Waals surface area contributed by atoms with Crippen LogP contribution < -0.4 is 4.90 Å². The topological polar surface area (TPSA) is 33.5 Å². The van der Waals surface area contributed by atoms with Crippen molar-refractivity contribution in [2.75, 3.05) is 11.4 Å². The molecular weight excluding hydrogens is 324 g/mol. The van der Waals surface area contributed by atoms with Gasteiger partial charge in [0.15, 0.2) is 5.76 Å². The molecule has 4 rings (SSSR count). The fraction of sp³-hybridized carbons (Fsp3) is 0.150. The second-order valence-corrected chi connectivity index (χ2v) is 5.95. The Morgan fingerprint density at radius 3 is 2.60 bits per heavy atom. The van der Waals surface area contributed by atoms with Crippen molar-refractivity contribution in [1.82, 2.24) is 0 Å². The van der Waals surface area contributed by atoms with Crippen molar-refractivity contribution in [1.29, 1.82) is 0 Å². The van der Waals surface area contributed by atoms with E-state index in [2.05, 4.69) is 0 Å². The van der Waals surface area contributed by atoms with Gasteiger partial charge in [-0.3, -0.25) is 4.79 Å². The molecule has 1 aliphatic heterocycles. The minimum atomic E-state index is -0.426. The van der Waals surface area contributed by atoms with Gasteiger partial charge in [0.05, 0.1) is 11.3 Å². The average Bonchev–Trinajstić information content (AvgIpc) is 3.11. The van der Waals surface area contributed by atoms with Crippen LogP contribution in [0.5, 0.6) is 0 Å². The molecule has 1 aliphatic rings. The number of hydrogen-bond acceptors (Lipinski definition) is 2. The first-order valence-corrected chi connectivity index (χ1v) is 8.09. The fourth-order valence-electron chi connectivity index (χ4n) is 3.20. The van der Waals surface area contributed by atoms with E-state index in [0.29, 0.717) is 12.2 Å². The third-order valence-corrected chi connectivity index (χ3v) is 4.37. The van der Waals surface area contributed by atoms with Gasteiger partial charge in [-0.1, -0.05) is 24.3 Å². The summed E-state index contributed by atoms with van der Waals surface area (Å²) >= 11 is 0. The lowest BCUT2D eigenvalue weighted by Crippen LogP contribution is -2.36. The van der Waals surface area contributed by atoms with Crippen LogP contribution in [0.1, 0.15) is 22.5 Å². The fourth-order valence-corrected chi connectivity index (χ4v) is 3.20. The normalized spacial score (nSPS) is 13.6. The lowest BCUT2D eigenvalue weighted by atomic mass is 10.0. The van der Waals surface area contributed by atoms with E-state index in [1.807, 2.05) is 6.07 Å². The van der Waals surface area contributed by atoms with Gasteiger partial charge in [-0.05, 0) is 48.7 Å². The monoisotopic (exact) mass is 339 g/mol. The zero-order valence-corrected chi connectivity index (χ0v) is 13.3. The molecule has 25 heavy (non-hydrogen) atoms. The molecule has 0 N–H and O–H groups in total. The first-order valence-electron chi connectivity index (χ1n) is 8.09. The molecule has 0 radical (unpaired) electrons. The van der Waals surface area contributed by atoms with E-state index in [1.165, 1.54) is 23.1 Å². The van der Waals surface area contributed by atoms with Crippen LogP contribution in [-0.2, 0) is 6.42 Å². The number of para-hydroxylation sites is 1. The van der Waals surface area contributed by atoms with E-state index in [9.17, 15) is 13.6 Å². The lowest BCUT2D eigenvalue weighted by Gasteiger charge is -2.29. The lowest BCUT2D eigenvalue weighted by molar-refractivity contribution is 0.0958. The molecule has 126 valence electrons. The van der Waals surface area contributed by atoms with Crippen molar-refractivity contribution in [2.45, 2.75) is 12.8 Å². The summed E-state index contributed by atoms with van der Waals surface area (Å²) in [6.07, 6.45) is 1.48. The number of nitrogens with zero attached hydrogens (tertiary/aromatic N) is 1. The summed E-state index contributed by atoms with van der Waals surface area (Å²) in [5.41, 5.74) is 1.40.